The van der Waals surface area contributed by atoms with Crippen molar-refractivity contribution in [2.24, 2.45) is 7.05 Å². The van der Waals surface area contributed by atoms with E-state index < -0.39 is 11.6 Å². The number of halogens is 3. The highest BCUT2D eigenvalue weighted by atomic mass is 35.5. The molecule has 0 amide bonds. The summed E-state index contributed by atoms with van der Waals surface area (Å²) in [6.45, 7) is 1.83. The second kappa shape index (κ2) is 7.53. The highest BCUT2D eigenvalue weighted by molar-refractivity contribution is 6.31. The van der Waals surface area contributed by atoms with Gasteiger partial charge in [-0.1, -0.05) is 17.7 Å². The summed E-state index contributed by atoms with van der Waals surface area (Å²) in [6, 6.07) is 12.7. The molecule has 5 rings (SSSR count). The van der Waals surface area contributed by atoms with Crippen LogP contribution < -0.4 is 5.56 Å². The van der Waals surface area contributed by atoms with Crippen LogP contribution in [0.15, 0.2) is 59.5 Å². The van der Waals surface area contributed by atoms with E-state index in [-0.39, 0.29) is 17.5 Å². The lowest BCUT2D eigenvalue weighted by Gasteiger charge is -2.14. The topological polar surface area (TPSA) is 52.7 Å². The third kappa shape index (κ3) is 3.17. The molecule has 8 heteroatoms. The predicted octanol–water partition coefficient (Wildman–Crippen LogP) is 5.10. The molecule has 0 aliphatic carbocycles. The van der Waals surface area contributed by atoms with Crippen molar-refractivity contribution in [1.29, 1.82) is 0 Å². The zero-order chi connectivity index (χ0) is 22.6. The zero-order valence-corrected chi connectivity index (χ0v) is 18.0. The van der Waals surface area contributed by atoms with Gasteiger partial charge in [0.15, 0.2) is 17.2 Å². The second-order valence-electron chi connectivity index (χ2n) is 7.62. The minimum absolute atomic E-state index is 0.239. The molecular weight excluding hydrogens is 434 g/mol. The Morgan fingerprint density at radius 2 is 1.88 bits per heavy atom. The molecule has 0 saturated heterocycles. The van der Waals surface area contributed by atoms with Gasteiger partial charge in [0.2, 0.25) is 0 Å². The number of aryl methyl sites for hydroxylation is 2. The predicted molar refractivity (Wildman–Crippen MR) is 121 cm³/mol. The Labute approximate surface area is 186 Å². The van der Waals surface area contributed by atoms with Gasteiger partial charge in [0.05, 0.1) is 22.4 Å². The van der Waals surface area contributed by atoms with E-state index in [1.807, 2.05) is 23.6 Å². The second-order valence-corrected chi connectivity index (χ2v) is 8.06. The Kier molecular flexibility index (Phi) is 4.78. The standard InChI is InChI=1S/C24H17ClF2N4O/c1-13-19(4-3-9-28-13)31-20-12-15(25)6-7-16(20)23-22(24(31)32)29-21(30(23)2)11-14-5-8-17(26)18(27)10-14/h3-10,12H,11H2,1-2H3. The van der Waals surface area contributed by atoms with Crippen LogP contribution in [-0.2, 0) is 13.5 Å². The Morgan fingerprint density at radius 1 is 1.06 bits per heavy atom. The maximum absolute atomic E-state index is 13.7. The molecule has 0 fully saturated rings. The minimum atomic E-state index is -0.921. The summed E-state index contributed by atoms with van der Waals surface area (Å²) in [5.74, 6) is -1.27. The fourth-order valence-corrected chi connectivity index (χ4v) is 4.22. The monoisotopic (exact) mass is 450 g/mol. The van der Waals surface area contributed by atoms with E-state index in [2.05, 4.69) is 9.97 Å². The molecule has 5 nitrogen and oxygen atoms in total. The minimum Gasteiger partial charge on any atom is -0.330 e. The maximum Gasteiger partial charge on any atom is 0.283 e. The first-order chi connectivity index (χ1) is 15.3. The van der Waals surface area contributed by atoms with E-state index in [4.69, 9.17) is 11.6 Å². The third-order valence-corrected chi connectivity index (χ3v) is 5.85. The third-order valence-electron chi connectivity index (χ3n) is 5.62. The molecule has 0 radical (unpaired) electrons. The van der Waals surface area contributed by atoms with Crippen LogP contribution in [0.5, 0.6) is 0 Å². The van der Waals surface area contributed by atoms with Crippen LogP contribution in [0.2, 0.25) is 5.02 Å². The highest BCUT2D eigenvalue weighted by Gasteiger charge is 2.20. The summed E-state index contributed by atoms with van der Waals surface area (Å²) < 4.78 is 30.4. The molecule has 0 saturated carbocycles. The quantitative estimate of drug-likeness (QED) is 0.384. The average Bonchev–Trinajstić information content (AvgIpc) is 3.09. The van der Waals surface area contributed by atoms with Crippen LogP contribution in [0.4, 0.5) is 8.78 Å². The van der Waals surface area contributed by atoms with Gasteiger partial charge in [0.1, 0.15) is 5.82 Å². The van der Waals surface area contributed by atoms with Gasteiger partial charge in [0.25, 0.3) is 5.56 Å². The van der Waals surface area contributed by atoms with Gasteiger partial charge in [-0.15, -0.1) is 0 Å². The number of pyridine rings is 2. The summed E-state index contributed by atoms with van der Waals surface area (Å²) in [4.78, 5) is 22.6. The van der Waals surface area contributed by atoms with Crippen molar-refractivity contribution >= 4 is 33.5 Å². The average molecular weight is 451 g/mol. The maximum atomic E-state index is 13.7. The zero-order valence-electron chi connectivity index (χ0n) is 17.2. The van der Waals surface area contributed by atoms with Crippen LogP contribution >= 0.6 is 11.6 Å². The molecular formula is C24H17ClF2N4O. The smallest absolute Gasteiger partial charge is 0.283 e. The number of hydrogen-bond donors (Lipinski definition) is 0. The van der Waals surface area contributed by atoms with Crippen LogP contribution in [0.3, 0.4) is 0 Å². The Balaban J connectivity index is 1.82. The molecule has 0 aliphatic rings. The first-order valence-corrected chi connectivity index (χ1v) is 10.3. The van der Waals surface area contributed by atoms with Crippen molar-refractivity contribution in [2.75, 3.05) is 0 Å². The van der Waals surface area contributed by atoms with Crippen LogP contribution in [-0.4, -0.2) is 19.1 Å². The summed E-state index contributed by atoms with van der Waals surface area (Å²) >= 11 is 6.28. The Bertz CT molecular complexity index is 1590. The molecule has 0 bridgehead atoms. The Morgan fingerprint density at radius 3 is 2.62 bits per heavy atom. The fourth-order valence-electron chi connectivity index (χ4n) is 4.05. The van der Waals surface area contributed by atoms with Crippen molar-refractivity contribution in [2.45, 2.75) is 13.3 Å². The van der Waals surface area contributed by atoms with E-state index in [9.17, 15) is 13.6 Å². The molecule has 0 unspecified atom stereocenters. The van der Waals surface area contributed by atoms with Crippen molar-refractivity contribution < 1.29 is 8.78 Å². The molecule has 32 heavy (non-hydrogen) atoms. The number of benzene rings is 2. The van der Waals surface area contributed by atoms with Crippen LogP contribution in [0.25, 0.3) is 27.6 Å². The lowest BCUT2D eigenvalue weighted by Crippen LogP contribution is -2.20. The largest absolute Gasteiger partial charge is 0.330 e. The number of rotatable bonds is 3. The SMILES string of the molecule is Cc1ncccc1-n1c(=O)c2nc(Cc3ccc(F)c(F)c3)n(C)c2c2ccc(Cl)cc21. The molecule has 0 N–H and O–H groups in total. The van der Waals surface area contributed by atoms with Gasteiger partial charge in [-0.3, -0.25) is 14.3 Å². The number of aromatic nitrogens is 4. The lowest BCUT2D eigenvalue weighted by atomic mass is 10.1. The molecule has 0 aliphatic heterocycles. The van der Waals surface area contributed by atoms with Gasteiger partial charge in [0, 0.05) is 30.1 Å². The van der Waals surface area contributed by atoms with Crippen molar-refractivity contribution in [3.05, 3.63) is 98.8 Å². The van der Waals surface area contributed by atoms with E-state index in [0.29, 0.717) is 38.8 Å². The molecule has 2 aromatic carbocycles. The summed E-state index contributed by atoms with van der Waals surface area (Å²) in [7, 11) is 1.80. The molecule has 3 heterocycles. The summed E-state index contributed by atoms with van der Waals surface area (Å²) in [5.41, 5.74) is 3.14. The molecule has 160 valence electrons. The first-order valence-electron chi connectivity index (χ1n) is 9.90. The number of hydrogen-bond acceptors (Lipinski definition) is 3. The van der Waals surface area contributed by atoms with Gasteiger partial charge in [-0.2, -0.15) is 0 Å². The van der Waals surface area contributed by atoms with Gasteiger partial charge >= 0.3 is 0 Å². The van der Waals surface area contributed by atoms with Crippen molar-refractivity contribution in [1.82, 2.24) is 19.1 Å². The fraction of sp³-hybridized carbons (Fsp3) is 0.125. The van der Waals surface area contributed by atoms with Crippen molar-refractivity contribution in [3.8, 4) is 5.69 Å². The molecule has 3 aromatic heterocycles. The van der Waals surface area contributed by atoms with Crippen LogP contribution in [0, 0.1) is 18.6 Å². The highest BCUT2D eigenvalue weighted by Crippen LogP contribution is 2.29. The lowest BCUT2D eigenvalue weighted by molar-refractivity contribution is 0.507. The van der Waals surface area contributed by atoms with E-state index in [1.165, 1.54) is 6.07 Å². The summed E-state index contributed by atoms with van der Waals surface area (Å²) in [6.07, 6.45) is 1.90. The normalized spacial score (nSPS) is 11.5. The number of fused-ring (bicyclic) bond motifs is 3. The number of imidazole rings is 1. The van der Waals surface area contributed by atoms with E-state index in [1.54, 1.807) is 36.0 Å². The molecule has 5 aromatic rings. The van der Waals surface area contributed by atoms with Gasteiger partial charge in [-0.25, -0.2) is 13.8 Å². The van der Waals surface area contributed by atoms with Crippen molar-refractivity contribution in [3.63, 3.8) is 0 Å². The number of nitrogens with zero attached hydrogens (tertiary/aromatic N) is 4. The molecule has 0 atom stereocenters. The first kappa shape index (κ1) is 20.3. The van der Waals surface area contributed by atoms with E-state index >= 15 is 0 Å². The van der Waals surface area contributed by atoms with Gasteiger partial charge in [-0.05, 0) is 55.0 Å². The summed E-state index contributed by atoms with van der Waals surface area (Å²) in [5, 5.41) is 1.29. The molecule has 0 spiro atoms. The Hall–Kier alpha value is -3.58. The van der Waals surface area contributed by atoms with Gasteiger partial charge < -0.3 is 4.57 Å². The van der Waals surface area contributed by atoms with E-state index in [0.717, 1.165) is 17.5 Å². The van der Waals surface area contributed by atoms with Crippen LogP contribution in [0.1, 0.15) is 17.1 Å².